The number of nitrogens with zero attached hydrogens (tertiary/aromatic N) is 4. The largest absolute Gasteiger partial charge is 0.497 e. The number of hydrogen-bond donors (Lipinski definition) is 1. The molecule has 0 aliphatic carbocycles. The number of piperidine rings is 1. The van der Waals surface area contributed by atoms with Crippen LogP contribution in [0.25, 0.3) is 5.69 Å². The molecule has 32 heavy (non-hydrogen) atoms. The number of benzene rings is 2. The maximum Gasteiger partial charge on any atom is 0.278 e. The van der Waals surface area contributed by atoms with Gasteiger partial charge in [-0.05, 0) is 44.0 Å². The molecule has 0 radical (unpaired) electrons. The highest BCUT2D eigenvalue weighted by Gasteiger charge is 2.29. The van der Waals surface area contributed by atoms with Gasteiger partial charge in [0.05, 0.1) is 24.2 Å². The Labute approximate surface area is 187 Å². The van der Waals surface area contributed by atoms with E-state index in [0.29, 0.717) is 30.2 Å². The van der Waals surface area contributed by atoms with E-state index in [2.05, 4.69) is 15.6 Å². The van der Waals surface area contributed by atoms with Gasteiger partial charge in [0, 0.05) is 19.2 Å². The highest BCUT2D eigenvalue weighted by Crippen LogP contribution is 2.27. The van der Waals surface area contributed by atoms with Gasteiger partial charge in [0.15, 0.2) is 5.69 Å². The maximum absolute atomic E-state index is 13.2. The predicted octanol–water partition coefficient (Wildman–Crippen LogP) is 3.01. The average molecular weight is 456 g/mol. The molecule has 1 fully saturated rings. The van der Waals surface area contributed by atoms with E-state index in [1.807, 2.05) is 18.2 Å². The Hall–Kier alpha value is -3.24. The molecular weight excluding hydrogens is 430 g/mol. The van der Waals surface area contributed by atoms with E-state index in [1.54, 1.807) is 38.3 Å². The number of carbonyl (C=O) groups is 1. The lowest BCUT2D eigenvalue weighted by Crippen LogP contribution is -2.36. The van der Waals surface area contributed by atoms with E-state index in [1.165, 1.54) is 15.1 Å². The normalized spacial score (nSPS) is 14.8. The second kappa shape index (κ2) is 9.09. The Morgan fingerprint density at radius 3 is 2.56 bits per heavy atom. The van der Waals surface area contributed by atoms with Crippen LogP contribution < -0.4 is 10.1 Å². The number of anilines is 1. The van der Waals surface area contributed by atoms with Gasteiger partial charge in [-0.25, -0.2) is 13.1 Å². The molecule has 0 saturated carbocycles. The van der Waals surface area contributed by atoms with Crippen molar-refractivity contribution in [1.29, 1.82) is 0 Å². The van der Waals surface area contributed by atoms with Crippen LogP contribution in [-0.2, 0) is 10.0 Å². The first-order valence-electron chi connectivity index (χ1n) is 10.4. The van der Waals surface area contributed by atoms with Gasteiger partial charge >= 0.3 is 0 Å². The molecule has 0 atom stereocenters. The Morgan fingerprint density at radius 1 is 1.06 bits per heavy atom. The molecule has 1 aromatic heterocycles. The molecule has 2 aromatic carbocycles. The third-order valence-electron chi connectivity index (χ3n) is 5.48. The van der Waals surface area contributed by atoms with Gasteiger partial charge in [0.25, 0.3) is 5.91 Å². The van der Waals surface area contributed by atoms with Crippen LogP contribution >= 0.6 is 0 Å². The summed E-state index contributed by atoms with van der Waals surface area (Å²) in [6, 6.07) is 13.7. The molecule has 2 heterocycles. The average Bonchev–Trinajstić information content (AvgIpc) is 3.21. The fourth-order valence-electron chi connectivity index (χ4n) is 3.75. The Balaban J connectivity index is 1.61. The third kappa shape index (κ3) is 4.23. The van der Waals surface area contributed by atoms with Crippen molar-refractivity contribution in [3.8, 4) is 11.4 Å². The summed E-state index contributed by atoms with van der Waals surface area (Å²) in [5.41, 5.74) is 1.55. The van der Waals surface area contributed by atoms with Crippen molar-refractivity contribution >= 4 is 21.6 Å². The second-order valence-corrected chi connectivity index (χ2v) is 9.46. The summed E-state index contributed by atoms with van der Waals surface area (Å²) in [7, 11) is -2.14. The molecule has 0 bridgehead atoms. The Bertz CT molecular complexity index is 1230. The number of carbonyl (C=O) groups excluding carboxylic acids is 1. The van der Waals surface area contributed by atoms with Gasteiger partial charge in [-0.1, -0.05) is 29.8 Å². The first-order valence-corrected chi connectivity index (χ1v) is 11.8. The lowest BCUT2D eigenvalue weighted by Gasteiger charge is -2.26. The molecule has 10 heteroatoms. The second-order valence-electron chi connectivity index (χ2n) is 7.55. The molecule has 1 aliphatic rings. The van der Waals surface area contributed by atoms with E-state index in [-0.39, 0.29) is 16.3 Å². The van der Waals surface area contributed by atoms with E-state index in [9.17, 15) is 13.2 Å². The topological polar surface area (TPSA) is 106 Å². The van der Waals surface area contributed by atoms with Crippen LogP contribution in [0.4, 0.5) is 5.69 Å². The van der Waals surface area contributed by atoms with Crippen molar-refractivity contribution in [2.75, 3.05) is 25.5 Å². The summed E-state index contributed by atoms with van der Waals surface area (Å²) < 4.78 is 34.6. The van der Waals surface area contributed by atoms with E-state index in [0.717, 1.165) is 19.3 Å². The molecule has 1 N–H and O–H groups in total. The summed E-state index contributed by atoms with van der Waals surface area (Å²) in [5, 5.41) is 10.8. The van der Waals surface area contributed by atoms with Gasteiger partial charge in [-0.3, -0.25) is 4.79 Å². The van der Waals surface area contributed by atoms with Crippen LogP contribution in [-0.4, -0.2) is 53.8 Å². The zero-order valence-electron chi connectivity index (χ0n) is 18.0. The molecule has 4 rings (SSSR count). The van der Waals surface area contributed by atoms with Gasteiger partial charge in [-0.2, -0.15) is 4.31 Å². The number of aromatic nitrogens is 3. The minimum absolute atomic E-state index is 0.0769. The number of amides is 1. The van der Waals surface area contributed by atoms with Crippen LogP contribution in [0.5, 0.6) is 5.75 Å². The van der Waals surface area contributed by atoms with Crippen LogP contribution in [0, 0.1) is 6.92 Å². The van der Waals surface area contributed by atoms with Gasteiger partial charge in [0.2, 0.25) is 10.0 Å². The molecule has 0 unspecified atom stereocenters. The summed E-state index contributed by atoms with van der Waals surface area (Å²) in [4.78, 5) is 13.1. The number of sulfonamides is 1. The van der Waals surface area contributed by atoms with Crippen molar-refractivity contribution in [1.82, 2.24) is 19.3 Å². The van der Waals surface area contributed by atoms with Crippen LogP contribution in [0.15, 0.2) is 53.4 Å². The number of hydrogen-bond acceptors (Lipinski definition) is 6. The fraction of sp³-hybridized carbons (Fsp3) is 0.318. The number of rotatable bonds is 6. The van der Waals surface area contributed by atoms with Crippen molar-refractivity contribution in [3.05, 3.63) is 59.9 Å². The lowest BCUT2D eigenvalue weighted by molar-refractivity contribution is 0.102. The number of para-hydroxylation sites is 1. The zero-order valence-corrected chi connectivity index (χ0v) is 18.8. The lowest BCUT2D eigenvalue weighted by atomic mass is 10.2. The molecule has 1 saturated heterocycles. The molecular formula is C22H25N5O4S. The Kier molecular flexibility index (Phi) is 6.24. The van der Waals surface area contributed by atoms with Crippen LogP contribution in [0.2, 0.25) is 0 Å². The van der Waals surface area contributed by atoms with Crippen LogP contribution in [0.3, 0.4) is 0 Å². The zero-order chi connectivity index (χ0) is 22.7. The van der Waals surface area contributed by atoms with Crippen LogP contribution in [0.1, 0.15) is 35.4 Å². The predicted molar refractivity (Wildman–Crippen MR) is 120 cm³/mol. The Morgan fingerprint density at radius 2 is 1.81 bits per heavy atom. The minimum atomic E-state index is -3.71. The third-order valence-corrected chi connectivity index (χ3v) is 7.43. The molecule has 1 aliphatic heterocycles. The molecule has 3 aromatic rings. The molecule has 0 spiro atoms. The number of ether oxygens (including phenoxy) is 1. The first-order chi connectivity index (χ1) is 15.4. The number of methoxy groups -OCH3 is 1. The molecule has 9 nitrogen and oxygen atoms in total. The maximum atomic E-state index is 13.2. The van der Waals surface area contributed by atoms with Crippen molar-refractivity contribution < 1.29 is 17.9 Å². The summed E-state index contributed by atoms with van der Waals surface area (Å²) in [6.45, 7) is 2.70. The summed E-state index contributed by atoms with van der Waals surface area (Å²) >= 11 is 0. The quantitative estimate of drug-likeness (QED) is 0.612. The van der Waals surface area contributed by atoms with E-state index in [4.69, 9.17) is 4.74 Å². The fourth-order valence-corrected chi connectivity index (χ4v) is 5.41. The van der Waals surface area contributed by atoms with Crippen molar-refractivity contribution in [2.45, 2.75) is 31.1 Å². The summed E-state index contributed by atoms with van der Waals surface area (Å²) in [5.74, 6) is 0.123. The standard InChI is InChI=1S/C22H25N5O4S/c1-16-21(24-25-27(16)17-9-8-10-18(15-17)31-2)22(28)23-19-11-4-5-12-20(19)32(29,30)26-13-6-3-7-14-26/h4-5,8-12,15H,3,6-7,13-14H2,1-2H3,(H,23,28). The van der Waals surface area contributed by atoms with Gasteiger partial charge in [0.1, 0.15) is 10.6 Å². The summed E-state index contributed by atoms with van der Waals surface area (Å²) in [6.07, 6.45) is 2.69. The van der Waals surface area contributed by atoms with Crippen molar-refractivity contribution in [2.24, 2.45) is 0 Å². The highest BCUT2D eigenvalue weighted by molar-refractivity contribution is 7.89. The van der Waals surface area contributed by atoms with E-state index >= 15 is 0 Å². The van der Waals surface area contributed by atoms with Gasteiger partial charge < -0.3 is 10.1 Å². The molecule has 1 amide bonds. The smallest absolute Gasteiger partial charge is 0.278 e. The SMILES string of the molecule is COc1cccc(-n2nnc(C(=O)Nc3ccccc3S(=O)(=O)N3CCCCC3)c2C)c1. The first kappa shape index (κ1) is 22.0. The minimum Gasteiger partial charge on any atom is -0.497 e. The molecule has 168 valence electrons. The van der Waals surface area contributed by atoms with E-state index < -0.39 is 15.9 Å². The van der Waals surface area contributed by atoms with Gasteiger partial charge in [-0.15, -0.1) is 5.10 Å². The monoisotopic (exact) mass is 455 g/mol. The number of nitrogens with one attached hydrogen (secondary N) is 1. The van der Waals surface area contributed by atoms with Crippen molar-refractivity contribution in [3.63, 3.8) is 0 Å². The highest BCUT2D eigenvalue weighted by atomic mass is 32.2.